The maximum absolute atomic E-state index is 12.0. The van der Waals surface area contributed by atoms with Gasteiger partial charge < -0.3 is 15.4 Å². The van der Waals surface area contributed by atoms with E-state index in [0.29, 0.717) is 19.1 Å². The molecule has 2 rings (SSSR count). The molecule has 20 heavy (non-hydrogen) atoms. The first kappa shape index (κ1) is 14.8. The molecule has 1 atom stereocenters. The molecule has 5 heteroatoms. The third-order valence-corrected chi connectivity index (χ3v) is 3.65. The number of rotatable bonds is 5. The summed E-state index contributed by atoms with van der Waals surface area (Å²) in [6, 6.07) is 8.14. The first-order valence-electron chi connectivity index (χ1n) is 7.04. The Labute approximate surface area is 120 Å². The Balaban J connectivity index is 1.82. The van der Waals surface area contributed by atoms with Crippen LogP contribution in [0.1, 0.15) is 12.5 Å². The average molecular weight is 277 g/mol. The van der Waals surface area contributed by atoms with Gasteiger partial charge in [-0.25, -0.2) is 0 Å². The molecule has 110 valence electrons. The van der Waals surface area contributed by atoms with Gasteiger partial charge in [0.25, 0.3) is 0 Å². The van der Waals surface area contributed by atoms with Crippen molar-refractivity contribution in [3.05, 3.63) is 29.8 Å². The Kier molecular flexibility index (Phi) is 5.38. The number of nitrogens with one attached hydrogen (secondary N) is 2. The maximum Gasteiger partial charge on any atom is 0.234 e. The second-order valence-electron chi connectivity index (χ2n) is 5.11. The molecule has 1 aliphatic rings. The maximum atomic E-state index is 12.0. The predicted molar refractivity (Wildman–Crippen MR) is 78.7 cm³/mol. The molecule has 0 aliphatic carbocycles. The highest BCUT2D eigenvalue weighted by Gasteiger charge is 2.20. The molecule has 0 aromatic heterocycles. The number of methoxy groups -OCH3 is 1. The van der Waals surface area contributed by atoms with Crippen molar-refractivity contribution in [2.24, 2.45) is 0 Å². The van der Waals surface area contributed by atoms with E-state index in [-0.39, 0.29) is 5.91 Å². The monoisotopic (exact) mass is 277 g/mol. The highest BCUT2D eigenvalue weighted by molar-refractivity contribution is 5.78. The van der Waals surface area contributed by atoms with Gasteiger partial charge in [0.1, 0.15) is 5.75 Å². The largest absolute Gasteiger partial charge is 0.496 e. The standard InChI is InChI=1S/C15H23N3O2/c1-12-9-16-7-8-18(12)11-15(19)17-10-13-5-3-4-6-14(13)20-2/h3-6,12,16H,7-11H2,1-2H3,(H,17,19)/t12-/m0/s1. The van der Waals surface area contributed by atoms with E-state index in [1.54, 1.807) is 7.11 Å². The van der Waals surface area contributed by atoms with Gasteiger partial charge in [-0.2, -0.15) is 0 Å². The van der Waals surface area contributed by atoms with Crippen LogP contribution in [0, 0.1) is 0 Å². The Morgan fingerprint density at radius 2 is 2.30 bits per heavy atom. The van der Waals surface area contributed by atoms with Gasteiger partial charge in [-0.3, -0.25) is 9.69 Å². The number of benzene rings is 1. The second-order valence-corrected chi connectivity index (χ2v) is 5.11. The molecule has 1 amide bonds. The van der Waals surface area contributed by atoms with Crippen molar-refractivity contribution in [2.45, 2.75) is 19.5 Å². The molecule has 2 N–H and O–H groups in total. The van der Waals surface area contributed by atoms with Crippen molar-refractivity contribution in [3.63, 3.8) is 0 Å². The number of amides is 1. The lowest BCUT2D eigenvalue weighted by Gasteiger charge is -2.33. The van der Waals surface area contributed by atoms with Crippen molar-refractivity contribution in [2.75, 3.05) is 33.3 Å². The quantitative estimate of drug-likeness (QED) is 0.828. The molecule has 1 aromatic carbocycles. The zero-order valence-electron chi connectivity index (χ0n) is 12.2. The summed E-state index contributed by atoms with van der Waals surface area (Å²) in [7, 11) is 1.64. The van der Waals surface area contributed by atoms with Crippen molar-refractivity contribution < 1.29 is 9.53 Å². The lowest BCUT2D eigenvalue weighted by Crippen LogP contribution is -2.52. The molecule has 5 nitrogen and oxygen atoms in total. The van der Waals surface area contributed by atoms with Gasteiger partial charge in [-0.1, -0.05) is 18.2 Å². The van der Waals surface area contributed by atoms with Gasteiger partial charge in [0.2, 0.25) is 5.91 Å². The normalized spacial score (nSPS) is 19.6. The third kappa shape index (κ3) is 3.95. The first-order valence-corrected chi connectivity index (χ1v) is 7.04. The number of hydrogen-bond donors (Lipinski definition) is 2. The van der Waals surface area contributed by atoms with E-state index >= 15 is 0 Å². The van der Waals surface area contributed by atoms with Gasteiger partial charge in [-0.05, 0) is 13.0 Å². The first-order chi connectivity index (χ1) is 9.70. The number of carbonyl (C=O) groups excluding carboxylic acids is 1. The summed E-state index contributed by atoms with van der Waals surface area (Å²) in [5, 5.41) is 6.28. The third-order valence-electron chi connectivity index (χ3n) is 3.65. The van der Waals surface area contributed by atoms with Crippen LogP contribution in [0.15, 0.2) is 24.3 Å². The smallest absolute Gasteiger partial charge is 0.234 e. The van der Waals surface area contributed by atoms with Crippen LogP contribution in [-0.2, 0) is 11.3 Å². The van der Waals surface area contributed by atoms with E-state index in [1.165, 1.54) is 0 Å². The fourth-order valence-electron chi connectivity index (χ4n) is 2.40. The summed E-state index contributed by atoms with van der Waals surface area (Å²) in [6.45, 7) is 5.91. The summed E-state index contributed by atoms with van der Waals surface area (Å²) >= 11 is 0. The van der Waals surface area contributed by atoms with Gasteiger partial charge in [0.05, 0.1) is 13.7 Å². The minimum atomic E-state index is 0.0599. The molecule has 1 aromatic rings. The van der Waals surface area contributed by atoms with Crippen LogP contribution >= 0.6 is 0 Å². The number of piperazine rings is 1. The molecule has 1 saturated heterocycles. The van der Waals surface area contributed by atoms with Gasteiger partial charge in [0.15, 0.2) is 0 Å². The highest BCUT2D eigenvalue weighted by atomic mass is 16.5. The van der Waals surface area contributed by atoms with Crippen molar-refractivity contribution in [1.82, 2.24) is 15.5 Å². The van der Waals surface area contributed by atoms with Gasteiger partial charge in [-0.15, -0.1) is 0 Å². The summed E-state index contributed by atoms with van der Waals surface area (Å²) in [5.74, 6) is 0.869. The molecule has 0 spiro atoms. The Morgan fingerprint density at radius 1 is 1.50 bits per heavy atom. The SMILES string of the molecule is COc1ccccc1CNC(=O)CN1CCNC[C@@H]1C. The molecular weight excluding hydrogens is 254 g/mol. The Hall–Kier alpha value is -1.59. The van der Waals surface area contributed by atoms with Crippen LogP contribution in [0.25, 0.3) is 0 Å². The van der Waals surface area contributed by atoms with Crippen LogP contribution in [0.5, 0.6) is 5.75 Å². The molecule has 1 aliphatic heterocycles. The fourth-order valence-corrected chi connectivity index (χ4v) is 2.40. The van der Waals surface area contributed by atoms with Crippen molar-refractivity contribution >= 4 is 5.91 Å². The Bertz CT molecular complexity index is 450. The van der Waals surface area contributed by atoms with Gasteiger partial charge in [0, 0.05) is 37.8 Å². The summed E-state index contributed by atoms with van der Waals surface area (Å²) in [6.07, 6.45) is 0. The predicted octanol–water partition coefficient (Wildman–Crippen LogP) is 0.605. The minimum Gasteiger partial charge on any atom is -0.496 e. The van der Waals surface area contributed by atoms with Crippen LogP contribution in [-0.4, -0.2) is 50.1 Å². The van der Waals surface area contributed by atoms with Crippen molar-refractivity contribution in [1.29, 1.82) is 0 Å². The second kappa shape index (κ2) is 7.26. The molecule has 0 radical (unpaired) electrons. The van der Waals surface area contributed by atoms with E-state index in [4.69, 9.17) is 4.74 Å². The molecule has 0 unspecified atom stereocenters. The Morgan fingerprint density at radius 3 is 3.05 bits per heavy atom. The van der Waals surface area contributed by atoms with E-state index in [1.807, 2.05) is 24.3 Å². The fraction of sp³-hybridized carbons (Fsp3) is 0.533. The molecule has 0 saturated carbocycles. The van der Waals surface area contributed by atoms with Gasteiger partial charge >= 0.3 is 0 Å². The average Bonchev–Trinajstić information content (AvgIpc) is 2.48. The number of para-hydroxylation sites is 1. The minimum absolute atomic E-state index is 0.0599. The molecule has 0 bridgehead atoms. The van der Waals surface area contributed by atoms with E-state index in [2.05, 4.69) is 22.5 Å². The lowest BCUT2D eigenvalue weighted by atomic mass is 10.2. The molecule has 1 heterocycles. The van der Waals surface area contributed by atoms with E-state index in [9.17, 15) is 4.79 Å². The summed E-state index contributed by atoms with van der Waals surface area (Å²) in [4.78, 5) is 14.2. The van der Waals surface area contributed by atoms with Crippen LogP contribution < -0.4 is 15.4 Å². The molecule has 1 fully saturated rings. The van der Waals surface area contributed by atoms with Crippen molar-refractivity contribution in [3.8, 4) is 5.75 Å². The zero-order valence-corrected chi connectivity index (χ0v) is 12.2. The topological polar surface area (TPSA) is 53.6 Å². The summed E-state index contributed by atoms with van der Waals surface area (Å²) in [5.41, 5.74) is 0.997. The number of carbonyl (C=O) groups is 1. The zero-order chi connectivity index (χ0) is 14.4. The summed E-state index contributed by atoms with van der Waals surface area (Å²) < 4.78 is 5.27. The van der Waals surface area contributed by atoms with Crippen LogP contribution in [0.3, 0.4) is 0 Å². The van der Waals surface area contributed by atoms with E-state index in [0.717, 1.165) is 30.9 Å². The van der Waals surface area contributed by atoms with E-state index < -0.39 is 0 Å². The number of hydrogen-bond acceptors (Lipinski definition) is 4. The highest BCUT2D eigenvalue weighted by Crippen LogP contribution is 2.16. The molecular formula is C15H23N3O2. The number of nitrogens with zero attached hydrogens (tertiary/aromatic N) is 1. The number of ether oxygens (including phenoxy) is 1. The van der Waals surface area contributed by atoms with Crippen LogP contribution in [0.2, 0.25) is 0 Å². The van der Waals surface area contributed by atoms with Crippen LogP contribution in [0.4, 0.5) is 0 Å². The lowest BCUT2D eigenvalue weighted by molar-refractivity contribution is -0.123.